The van der Waals surface area contributed by atoms with Crippen LogP contribution in [0.25, 0.3) is 5.82 Å². The van der Waals surface area contributed by atoms with E-state index in [2.05, 4.69) is 44.7 Å². The fourth-order valence-corrected chi connectivity index (χ4v) is 4.82. The maximum absolute atomic E-state index is 13.7. The van der Waals surface area contributed by atoms with Crippen LogP contribution >= 0.6 is 12.2 Å². The molecule has 1 fully saturated rings. The minimum absolute atomic E-state index is 0.161. The number of anilines is 1. The van der Waals surface area contributed by atoms with E-state index in [0.29, 0.717) is 5.11 Å². The molecule has 4 aromatic rings. The Morgan fingerprint density at radius 3 is 2.31 bits per heavy atom. The van der Waals surface area contributed by atoms with Crippen molar-refractivity contribution in [2.75, 3.05) is 4.90 Å². The molecule has 1 N–H and O–H groups in total. The van der Waals surface area contributed by atoms with Crippen LogP contribution in [0.15, 0.2) is 79.1 Å². The number of rotatable bonds is 4. The lowest BCUT2D eigenvalue weighted by atomic mass is 9.96. The van der Waals surface area contributed by atoms with Gasteiger partial charge in [-0.15, -0.1) is 0 Å². The van der Waals surface area contributed by atoms with E-state index in [1.54, 1.807) is 24.5 Å². The van der Waals surface area contributed by atoms with E-state index in [4.69, 9.17) is 12.2 Å². The quantitative estimate of drug-likeness (QED) is 0.439. The molecule has 160 valence electrons. The van der Waals surface area contributed by atoms with Crippen LogP contribution in [-0.4, -0.2) is 19.6 Å². The van der Waals surface area contributed by atoms with Gasteiger partial charge in [-0.25, -0.2) is 9.37 Å². The summed E-state index contributed by atoms with van der Waals surface area (Å²) in [4.78, 5) is 11.2. The van der Waals surface area contributed by atoms with Crippen molar-refractivity contribution in [3.05, 3.63) is 108 Å². The van der Waals surface area contributed by atoms with Crippen LogP contribution in [0.3, 0.4) is 0 Å². The fraction of sp³-hybridized carbons (Fsp3) is 0.160. The Morgan fingerprint density at radius 2 is 1.66 bits per heavy atom. The summed E-state index contributed by atoms with van der Waals surface area (Å²) in [6, 6.07) is 20.0. The van der Waals surface area contributed by atoms with Crippen molar-refractivity contribution in [1.29, 1.82) is 0 Å². The lowest BCUT2D eigenvalue weighted by molar-refractivity contribution is 0.565. The van der Waals surface area contributed by atoms with Gasteiger partial charge >= 0.3 is 0 Å². The number of benzene rings is 1. The molecule has 0 saturated carbocycles. The van der Waals surface area contributed by atoms with Crippen LogP contribution in [0.5, 0.6) is 0 Å². The van der Waals surface area contributed by atoms with Crippen LogP contribution in [0.2, 0.25) is 0 Å². The van der Waals surface area contributed by atoms with Gasteiger partial charge in [-0.05, 0) is 86.2 Å². The second kappa shape index (κ2) is 8.16. The Kier molecular flexibility index (Phi) is 5.19. The van der Waals surface area contributed by atoms with Gasteiger partial charge in [-0.1, -0.05) is 12.1 Å². The predicted molar refractivity (Wildman–Crippen MR) is 127 cm³/mol. The van der Waals surface area contributed by atoms with Crippen LogP contribution in [0.4, 0.5) is 10.1 Å². The standard InChI is InChI=1S/C25H22FN5S/c1-16-15-20(17(2)30(16)22-8-4-6-14-28-22)24-23(21-7-3-5-13-27-21)29-25(32)31(24)19-11-9-18(26)10-12-19/h3-15,23-24H,1-2H3,(H,29,32). The molecule has 2 unspecified atom stereocenters. The van der Waals surface area contributed by atoms with Crippen LogP contribution in [0.1, 0.15) is 34.7 Å². The highest BCUT2D eigenvalue weighted by Crippen LogP contribution is 2.43. The van der Waals surface area contributed by atoms with Gasteiger partial charge in [0.25, 0.3) is 0 Å². The molecule has 0 aliphatic carbocycles. The van der Waals surface area contributed by atoms with Gasteiger partial charge in [0, 0.05) is 29.5 Å². The Balaban J connectivity index is 1.68. The number of nitrogens with one attached hydrogen (secondary N) is 1. The van der Waals surface area contributed by atoms with E-state index < -0.39 is 0 Å². The number of halogens is 1. The van der Waals surface area contributed by atoms with E-state index in [9.17, 15) is 4.39 Å². The summed E-state index contributed by atoms with van der Waals surface area (Å²) in [5, 5.41) is 4.04. The molecule has 2 atom stereocenters. The highest BCUT2D eigenvalue weighted by Gasteiger charge is 2.42. The van der Waals surface area contributed by atoms with Crippen molar-refractivity contribution < 1.29 is 4.39 Å². The zero-order valence-electron chi connectivity index (χ0n) is 17.7. The second-order valence-electron chi connectivity index (χ2n) is 7.82. The van der Waals surface area contributed by atoms with Gasteiger partial charge in [-0.3, -0.25) is 4.98 Å². The molecule has 1 aromatic carbocycles. The first-order valence-electron chi connectivity index (χ1n) is 10.4. The van der Waals surface area contributed by atoms with Gasteiger partial charge in [-0.2, -0.15) is 0 Å². The van der Waals surface area contributed by atoms with Crippen molar-refractivity contribution in [3.63, 3.8) is 0 Å². The molecular weight excluding hydrogens is 421 g/mol. The third-order valence-electron chi connectivity index (χ3n) is 5.87. The third-order valence-corrected chi connectivity index (χ3v) is 6.18. The normalized spacial score (nSPS) is 18.1. The number of aromatic nitrogens is 3. The summed E-state index contributed by atoms with van der Waals surface area (Å²) < 4.78 is 15.8. The first-order chi connectivity index (χ1) is 15.5. The van der Waals surface area contributed by atoms with E-state index in [1.165, 1.54) is 12.1 Å². The predicted octanol–water partition coefficient (Wildman–Crippen LogP) is 5.20. The van der Waals surface area contributed by atoms with E-state index in [-0.39, 0.29) is 17.9 Å². The number of hydrogen-bond donors (Lipinski definition) is 1. The average Bonchev–Trinajstić information content (AvgIpc) is 3.31. The van der Waals surface area contributed by atoms with Crippen LogP contribution in [-0.2, 0) is 0 Å². The Bertz CT molecular complexity index is 1260. The summed E-state index contributed by atoms with van der Waals surface area (Å²) in [6.45, 7) is 4.17. The third kappa shape index (κ3) is 3.44. The number of pyridine rings is 2. The largest absolute Gasteiger partial charge is 0.351 e. The molecule has 0 spiro atoms. The Morgan fingerprint density at radius 1 is 0.938 bits per heavy atom. The zero-order valence-corrected chi connectivity index (χ0v) is 18.6. The molecule has 7 heteroatoms. The van der Waals surface area contributed by atoms with Crippen LogP contribution in [0, 0.1) is 19.7 Å². The Labute approximate surface area is 191 Å². The van der Waals surface area contributed by atoms with Crippen molar-refractivity contribution >= 4 is 23.0 Å². The monoisotopic (exact) mass is 443 g/mol. The van der Waals surface area contributed by atoms with E-state index in [0.717, 1.165) is 34.2 Å². The molecule has 1 aliphatic heterocycles. The molecule has 5 nitrogen and oxygen atoms in total. The SMILES string of the molecule is Cc1cc(C2C(c3ccccn3)NC(=S)N2c2ccc(F)cc2)c(C)n1-c1ccccn1. The van der Waals surface area contributed by atoms with E-state index >= 15 is 0 Å². The highest BCUT2D eigenvalue weighted by atomic mass is 32.1. The zero-order chi connectivity index (χ0) is 22.2. The molecule has 4 heterocycles. The smallest absolute Gasteiger partial charge is 0.174 e. The van der Waals surface area contributed by atoms with E-state index in [1.807, 2.05) is 36.4 Å². The van der Waals surface area contributed by atoms with Crippen molar-refractivity contribution in [2.24, 2.45) is 0 Å². The molecule has 0 amide bonds. The minimum atomic E-state index is -0.280. The first-order valence-corrected chi connectivity index (χ1v) is 10.8. The Hall–Kier alpha value is -3.58. The first kappa shape index (κ1) is 20.3. The van der Waals surface area contributed by atoms with Crippen molar-refractivity contribution in [1.82, 2.24) is 19.9 Å². The molecule has 3 aromatic heterocycles. The minimum Gasteiger partial charge on any atom is -0.351 e. The molecule has 5 rings (SSSR count). The molecule has 0 bridgehead atoms. The molecule has 32 heavy (non-hydrogen) atoms. The lowest BCUT2D eigenvalue weighted by Crippen LogP contribution is -2.29. The molecule has 1 aliphatic rings. The molecular formula is C25H22FN5S. The maximum atomic E-state index is 13.7. The topological polar surface area (TPSA) is 46.0 Å². The second-order valence-corrected chi connectivity index (χ2v) is 8.21. The van der Waals surface area contributed by atoms with Gasteiger partial charge in [0.05, 0.1) is 17.8 Å². The van der Waals surface area contributed by atoms with Gasteiger partial charge in [0.1, 0.15) is 11.6 Å². The molecule has 1 saturated heterocycles. The summed E-state index contributed by atoms with van der Waals surface area (Å²) in [7, 11) is 0. The highest BCUT2D eigenvalue weighted by molar-refractivity contribution is 7.80. The number of hydrogen-bond acceptors (Lipinski definition) is 3. The molecule has 0 radical (unpaired) electrons. The summed E-state index contributed by atoms with van der Waals surface area (Å²) in [6.07, 6.45) is 3.58. The van der Waals surface area contributed by atoms with Gasteiger partial charge in [0.15, 0.2) is 5.11 Å². The number of aryl methyl sites for hydroxylation is 1. The van der Waals surface area contributed by atoms with Crippen LogP contribution < -0.4 is 10.2 Å². The number of thiocarbonyl (C=S) groups is 1. The van der Waals surface area contributed by atoms with Gasteiger partial charge in [0.2, 0.25) is 0 Å². The van der Waals surface area contributed by atoms with Gasteiger partial charge < -0.3 is 14.8 Å². The summed E-state index contributed by atoms with van der Waals surface area (Å²) in [5.74, 6) is 0.586. The summed E-state index contributed by atoms with van der Waals surface area (Å²) >= 11 is 5.76. The van der Waals surface area contributed by atoms with Crippen molar-refractivity contribution in [3.8, 4) is 5.82 Å². The summed E-state index contributed by atoms with van der Waals surface area (Å²) in [5.41, 5.74) is 4.99. The maximum Gasteiger partial charge on any atom is 0.174 e. The van der Waals surface area contributed by atoms with Crippen molar-refractivity contribution in [2.45, 2.75) is 25.9 Å². The average molecular weight is 444 g/mol. The number of nitrogens with zero attached hydrogens (tertiary/aromatic N) is 4. The lowest BCUT2D eigenvalue weighted by Gasteiger charge is -2.28. The fourth-order valence-electron chi connectivity index (χ4n) is 4.48.